The molecule has 2 fully saturated rings. The van der Waals surface area contributed by atoms with Crippen molar-refractivity contribution in [3.63, 3.8) is 0 Å². The Balaban J connectivity index is 1.35. The summed E-state index contributed by atoms with van der Waals surface area (Å²) >= 11 is 0. The van der Waals surface area contributed by atoms with Crippen LogP contribution in [0.5, 0.6) is 5.75 Å². The quantitative estimate of drug-likeness (QED) is 0.828. The second-order valence-corrected chi connectivity index (χ2v) is 7.37. The monoisotopic (exact) mass is 330 g/mol. The number of ether oxygens (including phenoxy) is 2. The zero-order valence-electron chi connectivity index (χ0n) is 14.9. The maximum atomic E-state index is 5.59. The molecule has 0 saturated carbocycles. The molecule has 2 saturated heterocycles. The fourth-order valence-electron chi connectivity index (χ4n) is 4.94. The van der Waals surface area contributed by atoms with E-state index in [0.29, 0.717) is 5.92 Å². The molecule has 0 amide bonds. The van der Waals surface area contributed by atoms with Crippen LogP contribution in [-0.4, -0.2) is 68.9 Å². The van der Waals surface area contributed by atoms with E-state index in [-0.39, 0.29) is 0 Å². The molecule has 2 atom stereocenters. The van der Waals surface area contributed by atoms with Gasteiger partial charge in [0.1, 0.15) is 5.75 Å². The van der Waals surface area contributed by atoms with Crippen LogP contribution in [0.1, 0.15) is 36.3 Å². The number of fused-ring (bicyclic) bond motifs is 3. The number of nitrogens with zero attached hydrogens (tertiary/aromatic N) is 2. The smallest absolute Gasteiger partial charge is 0.122 e. The van der Waals surface area contributed by atoms with Gasteiger partial charge in [-0.15, -0.1) is 0 Å². The van der Waals surface area contributed by atoms with Crippen LogP contribution < -0.4 is 4.74 Å². The van der Waals surface area contributed by atoms with E-state index in [9.17, 15) is 0 Å². The standard InChI is InChI=1S/C20H30N2O2/c1-23-20-5-2-4-16-17-8-11-22(19(17)7-6-18(16)20)10-3-9-21-12-14-24-15-13-21/h2,4-5,17,19H,3,6-15H2,1H3/t17-,19+/m1/s1. The molecule has 4 rings (SSSR count). The van der Waals surface area contributed by atoms with Gasteiger partial charge in [-0.25, -0.2) is 0 Å². The average molecular weight is 330 g/mol. The predicted molar refractivity (Wildman–Crippen MR) is 95.9 cm³/mol. The van der Waals surface area contributed by atoms with Crippen molar-refractivity contribution in [2.75, 3.05) is 53.0 Å². The summed E-state index contributed by atoms with van der Waals surface area (Å²) in [5.74, 6) is 1.81. The van der Waals surface area contributed by atoms with Gasteiger partial charge in [0.2, 0.25) is 0 Å². The molecule has 0 spiro atoms. The first-order chi connectivity index (χ1) is 11.9. The summed E-state index contributed by atoms with van der Waals surface area (Å²) in [7, 11) is 1.80. The molecule has 0 bridgehead atoms. The molecule has 4 heteroatoms. The molecule has 2 heterocycles. The van der Waals surface area contributed by atoms with E-state index in [4.69, 9.17) is 9.47 Å². The van der Waals surface area contributed by atoms with Crippen LogP contribution in [0.25, 0.3) is 0 Å². The van der Waals surface area contributed by atoms with Crippen LogP contribution >= 0.6 is 0 Å². The van der Waals surface area contributed by atoms with E-state index in [2.05, 4.69) is 28.0 Å². The highest BCUT2D eigenvalue weighted by Crippen LogP contribution is 2.44. The zero-order chi connectivity index (χ0) is 16.4. The summed E-state index contributed by atoms with van der Waals surface area (Å²) in [6, 6.07) is 7.37. The maximum absolute atomic E-state index is 5.59. The Kier molecular flexibility index (Phi) is 5.06. The van der Waals surface area contributed by atoms with Gasteiger partial charge >= 0.3 is 0 Å². The van der Waals surface area contributed by atoms with Gasteiger partial charge in [0, 0.05) is 25.0 Å². The Hall–Kier alpha value is -1.10. The Morgan fingerprint density at radius 1 is 1.12 bits per heavy atom. The molecule has 24 heavy (non-hydrogen) atoms. The Morgan fingerprint density at radius 2 is 2.00 bits per heavy atom. The van der Waals surface area contributed by atoms with Crippen LogP contribution in [0.4, 0.5) is 0 Å². The molecule has 132 valence electrons. The minimum absolute atomic E-state index is 0.715. The molecule has 0 aromatic heterocycles. The minimum Gasteiger partial charge on any atom is -0.496 e. The van der Waals surface area contributed by atoms with E-state index in [0.717, 1.165) is 38.1 Å². The molecule has 1 aromatic carbocycles. The van der Waals surface area contributed by atoms with E-state index in [1.54, 1.807) is 12.7 Å². The lowest BCUT2D eigenvalue weighted by Crippen LogP contribution is -2.40. The van der Waals surface area contributed by atoms with Crippen molar-refractivity contribution in [1.29, 1.82) is 0 Å². The average Bonchev–Trinajstić information content (AvgIpc) is 3.05. The summed E-state index contributed by atoms with van der Waals surface area (Å²) < 4.78 is 11.0. The lowest BCUT2D eigenvalue weighted by Gasteiger charge is -2.34. The van der Waals surface area contributed by atoms with Crippen molar-refractivity contribution >= 4 is 0 Å². The predicted octanol–water partition coefficient (Wildman–Crippen LogP) is 2.52. The van der Waals surface area contributed by atoms with Crippen molar-refractivity contribution in [3.05, 3.63) is 29.3 Å². The van der Waals surface area contributed by atoms with Gasteiger partial charge in [0.05, 0.1) is 20.3 Å². The van der Waals surface area contributed by atoms with Crippen molar-refractivity contribution < 1.29 is 9.47 Å². The van der Waals surface area contributed by atoms with Crippen molar-refractivity contribution in [1.82, 2.24) is 9.80 Å². The fraction of sp³-hybridized carbons (Fsp3) is 0.700. The third kappa shape index (κ3) is 3.19. The lowest BCUT2D eigenvalue weighted by atomic mass is 9.79. The highest BCUT2D eigenvalue weighted by atomic mass is 16.5. The first kappa shape index (κ1) is 16.4. The van der Waals surface area contributed by atoms with Crippen molar-refractivity contribution in [2.24, 2.45) is 0 Å². The fourth-order valence-corrected chi connectivity index (χ4v) is 4.94. The van der Waals surface area contributed by atoms with E-state index in [1.165, 1.54) is 50.9 Å². The molecule has 0 N–H and O–H groups in total. The second kappa shape index (κ2) is 7.42. The number of morpholine rings is 1. The van der Waals surface area contributed by atoms with Gasteiger partial charge in [-0.2, -0.15) is 0 Å². The van der Waals surface area contributed by atoms with Gasteiger partial charge in [-0.1, -0.05) is 12.1 Å². The van der Waals surface area contributed by atoms with Crippen LogP contribution in [0, 0.1) is 0 Å². The van der Waals surface area contributed by atoms with Crippen LogP contribution in [-0.2, 0) is 11.2 Å². The second-order valence-electron chi connectivity index (χ2n) is 7.37. The largest absolute Gasteiger partial charge is 0.496 e. The highest BCUT2D eigenvalue weighted by molar-refractivity contribution is 5.45. The number of hydrogen-bond acceptors (Lipinski definition) is 4. The third-order valence-electron chi connectivity index (χ3n) is 6.16. The molecular weight excluding hydrogens is 300 g/mol. The molecule has 3 aliphatic rings. The third-order valence-corrected chi connectivity index (χ3v) is 6.16. The Bertz CT molecular complexity index is 557. The summed E-state index contributed by atoms with van der Waals surface area (Å²) in [5, 5.41) is 0. The molecule has 0 radical (unpaired) electrons. The minimum atomic E-state index is 0.715. The summed E-state index contributed by atoms with van der Waals surface area (Å²) in [6.07, 6.45) is 5.05. The molecule has 4 nitrogen and oxygen atoms in total. The first-order valence-corrected chi connectivity index (χ1v) is 9.57. The van der Waals surface area contributed by atoms with Crippen molar-refractivity contribution in [3.8, 4) is 5.75 Å². The van der Waals surface area contributed by atoms with Crippen molar-refractivity contribution in [2.45, 2.75) is 37.6 Å². The first-order valence-electron chi connectivity index (χ1n) is 9.57. The number of methoxy groups -OCH3 is 1. The topological polar surface area (TPSA) is 24.9 Å². The normalized spacial score (nSPS) is 27.7. The SMILES string of the molecule is COc1cccc2c1CC[C@H]1[C@@H]2CCN1CCCN1CCOCC1. The molecule has 1 aromatic rings. The van der Waals surface area contributed by atoms with Gasteiger partial charge in [0.25, 0.3) is 0 Å². The molecular formula is C20H30N2O2. The van der Waals surface area contributed by atoms with Gasteiger partial charge < -0.3 is 9.47 Å². The Labute approximate surface area is 145 Å². The summed E-state index contributed by atoms with van der Waals surface area (Å²) in [4.78, 5) is 5.31. The number of rotatable bonds is 5. The maximum Gasteiger partial charge on any atom is 0.122 e. The number of hydrogen-bond donors (Lipinski definition) is 0. The molecule has 1 aliphatic carbocycles. The zero-order valence-corrected chi connectivity index (χ0v) is 14.9. The lowest BCUT2D eigenvalue weighted by molar-refractivity contribution is 0.0358. The van der Waals surface area contributed by atoms with Crippen LogP contribution in [0.3, 0.4) is 0 Å². The van der Waals surface area contributed by atoms with E-state index < -0.39 is 0 Å². The summed E-state index contributed by atoms with van der Waals surface area (Å²) in [6.45, 7) is 7.77. The van der Waals surface area contributed by atoms with E-state index in [1.807, 2.05) is 0 Å². The van der Waals surface area contributed by atoms with Gasteiger partial charge in [-0.3, -0.25) is 9.80 Å². The molecule has 2 aliphatic heterocycles. The summed E-state index contributed by atoms with van der Waals surface area (Å²) in [5.41, 5.74) is 3.03. The van der Waals surface area contributed by atoms with Crippen LogP contribution in [0.2, 0.25) is 0 Å². The highest BCUT2D eigenvalue weighted by Gasteiger charge is 2.38. The molecule has 0 unspecified atom stereocenters. The Morgan fingerprint density at radius 3 is 2.83 bits per heavy atom. The van der Waals surface area contributed by atoms with E-state index >= 15 is 0 Å². The van der Waals surface area contributed by atoms with Gasteiger partial charge in [-0.05, 0) is 62.5 Å². The number of likely N-dealkylation sites (tertiary alicyclic amines) is 1. The van der Waals surface area contributed by atoms with Crippen LogP contribution in [0.15, 0.2) is 18.2 Å². The van der Waals surface area contributed by atoms with Gasteiger partial charge in [0.15, 0.2) is 0 Å². The number of benzene rings is 1.